The predicted molar refractivity (Wildman–Crippen MR) is 117 cm³/mol. The van der Waals surface area contributed by atoms with Gasteiger partial charge in [0.1, 0.15) is 12.4 Å². The molecule has 11 heteroatoms. The van der Waals surface area contributed by atoms with Crippen molar-refractivity contribution in [1.82, 2.24) is 24.8 Å². The van der Waals surface area contributed by atoms with E-state index in [0.29, 0.717) is 37.9 Å². The Morgan fingerprint density at radius 1 is 1.19 bits per heavy atom. The topological polar surface area (TPSA) is 128 Å². The van der Waals surface area contributed by atoms with Crippen LogP contribution in [0.4, 0.5) is 5.69 Å². The number of aromatic nitrogens is 5. The summed E-state index contributed by atoms with van der Waals surface area (Å²) < 4.78 is 7.30. The van der Waals surface area contributed by atoms with Crippen LogP contribution < -0.4 is 14.8 Å². The van der Waals surface area contributed by atoms with Crippen molar-refractivity contribution in [3.63, 3.8) is 0 Å². The highest BCUT2D eigenvalue weighted by atomic mass is 32.1. The molecule has 0 unspecified atom stereocenters. The van der Waals surface area contributed by atoms with E-state index in [1.54, 1.807) is 24.4 Å². The van der Waals surface area contributed by atoms with Crippen LogP contribution in [0.1, 0.15) is 11.4 Å². The number of benzene rings is 2. The summed E-state index contributed by atoms with van der Waals surface area (Å²) in [6, 6.07) is 15.5. The zero-order chi connectivity index (χ0) is 22.1. The maximum atomic E-state index is 12.8. The zero-order valence-corrected chi connectivity index (χ0v) is 17.2. The fraction of sp³-hybridized carbons (Fsp3) is 0.0476. The number of nitro benzene ring substituents is 1. The Hall–Kier alpha value is -4.38. The van der Waals surface area contributed by atoms with Crippen molar-refractivity contribution < 1.29 is 9.66 Å². The predicted octanol–water partition coefficient (Wildman–Crippen LogP) is 2.58. The molecule has 2 aromatic carbocycles. The van der Waals surface area contributed by atoms with Crippen molar-refractivity contribution in [2.45, 2.75) is 6.61 Å². The van der Waals surface area contributed by atoms with Gasteiger partial charge in [0.2, 0.25) is 4.96 Å². The lowest BCUT2D eigenvalue weighted by molar-refractivity contribution is -0.384. The Bertz CT molecular complexity index is 1540. The molecule has 0 aliphatic carbocycles. The van der Waals surface area contributed by atoms with Crippen LogP contribution in [0.25, 0.3) is 22.3 Å². The van der Waals surface area contributed by atoms with Crippen molar-refractivity contribution in [2.24, 2.45) is 0 Å². The molecule has 5 rings (SSSR count). The maximum absolute atomic E-state index is 12.8. The molecule has 0 atom stereocenters. The fourth-order valence-corrected chi connectivity index (χ4v) is 4.07. The van der Waals surface area contributed by atoms with Crippen molar-refractivity contribution in [1.29, 1.82) is 0 Å². The second-order valence-electron chi connectivity index (χ2n) is 6.75. The smallest absolute Gasteiger partial charge is 0.291 e. The standard InChI is InChI=1S/C21H14N6O4S/c28-20-17(10-14-11-22-24-19(14)13-5-4-6-15(9-13)27(29)30)32-21-23-18(25-26(20)21)12-31-16-7-2-1-3-8-16/h1-11H,12H2,(H,22,24). The molecule has 0 saturated carbocycles. The third-order valence-electron chi connectivity index (χ3n) is 4.64. The largest absolute Gasteiger partial charge is 0.486 e. The monoisotopic (exact) mass is 446 g/mol. The molecule has 0 saturated heterocycles. The van der Waals surface area contributed by atoms with Crippen LogP contribution in [0.3, 0.4) is 0 Å². The average molecular weight is 446 g/mol. The van der Waals surface area contributed by atoms with Gasteiger partial charge < -0.3 is 4.74 Å². The SMILES string of the molecule is O=c1c(=Cc2cn[nH]c2-c2cccc([N+](=O)[O-])c2)sc2nc(COc3ccccc3)nn12. The average Bonchev–Trinajstić information content (AvgIpc) is 3.50. The molecule has 0 bridgehead atoms. The van der Waals surface area contributed by atoms with Crippen molar-refractivity contribution in [2.75, 3.05) is 0 Å². The lowest BCUT2D eigenvalue weighted by atomic mass is 10.1. The van der Waals surface area contributed by atoms with Crippen LogP contribution in [-0.2, 0) is 6.61 Å². The quantitative estimate of drug-likeness (QED) is 0.314. The number of non-ortho nitro benzene ring substituents is 1. The summed E-state index contributed by atoms with van der Waals surface area (Å²) in [6.45, 7) is 0.148. The van der Waals surface area contributed by atoms with Gasteiger partial charge in [-0.3, -0.25) is 20.0 Å². The van der Waals surface area contributed by atoms with E-state index in [1.165, 1.54) is 28.0 Å². The lowest BCUT2D eigenvalue weighted by Gasteiger charge is -2.01. The summed E-state index contributed by atoms with van der Waals surface area (Å²) in [5, 5.41) is 22.2. The second kappa shape index (κ2) is 8.04. The number of aromatic amines is 1. The highest BCUT2D eigenvalue weighted by Crippen LogP contribution is 2.25. The number of fused-ring (bicyclic) bond motifs is 1. The molecule has 0 aliphatic rings. The number of hydrogen-bond donors (Lipinski definition) is 1. The molecule has 10 nitrogen and oxygen atoms in total. The van der Waals surface area contributed by atoms with E-state index in [4.69, 9.17) is 4.74 Å². The van der Waals surface area contributed by atoms with Crippen LogP contribution >= 0.6 is 11.3 Å². The minimum atomic E-state index is -0.460. The summed E-state index contributed by atoms with van der Waals surface area (Å²) in [7, 11) is 0. The summed E-state index contributed by atoms with van der Waals surface area (Å²) >= 11 is 1.19. The fourth-order valence-electron chi connectivity index (χ4n) is 3.15. The number of para-hydroxylation sites is 1. The summed E-state index contributed by atoms with van der Waals surface area (Å²) in [5.74, 6) is 1.10. The Balaban J connectivity index is 1.45. The normalized spacial score (nSPS) is 11.8. The van der Waals surface area contributed by atoms with Gasteiger partial charge in [0.15, 0.2) is 5.82 Å². The first kappa shape index (κ1) is 19.6. The molecule has 5 aromatic rings. The Morgan fingerprint density at radius 2 is 2.03 bits per heavy atom. The lowest BCUT2D eigenvalue weighted by Crippen LogP contribution is -2.24. The first-order valence-electron chi connectivity index (χ1n) is 9.45. The van der Waals surface area contributed by atoms with Gasteiger partial charge in [-0.15, -0.1) is 5.10 Å². The zero-order valence-electron chi connectivity index (χ0n) is 16.3. The van der Waals surface area contributed by atoms with Crippen molar-refractivity contribution in [3.05, 3.63) is 97.2 Å². The van der Waals surface area contributed by atoms with E-state index in [9.17, 15) is 14.9 Å². The van der Waals surface area contributed by atoms with Crippen LogP contribution in [0, 0.1) is 10.1 Å². The van der Waals surface area contributed by atoms with Crippen molar-refractivity contribution >= 4 is 28.1 Å². The third kappa shape index (κ3) is 3.72. The molecule has 0 spiro atoms. The number of nitrogens with one attached hydrogen (secondary N) is 1. The van der Waals surface area contributed by atoms with Crippen molar-refractivity contribution in [3.8, 4) is 17.0 Å². The Morgan fingerprint density at radius 3 is 2.81 bits per heavy atom. The molecular weight excluding hydrogens is 432 g/mol. The summed E-state index contributed by atoms with van der Waals surface area (Å²) in [5.41, 5.74) is 1.45. The van der Waals surface area contributed by atoms with Crippen LogP contribution in [0.2, 0.25) is 0 Å². The van der Waals surface area contributed by atoms with Gasteiger partial charge in [0, 0.05) is 23.3 Å². The number of rotatable bonds is 6. The van der Waals surface area contributed by atoms with Gasteiger partial charge in [-0.2, -0.15) is 14.6 Å². The molecule has 1 N–H and O–H groups in total. The first-order valence-corrected chi connectivity index (χ1v) is 10.3. The van der Waals surface area contributed by atoms with Crippen LogP contribution in [0.15, 0.2) is 65.6 Å². The van der Waals surface area contributed by atoms with Gasteiger partial charge in [0.25, 0.3) is 11.2 Å². The molecule has 3 heterocycles. The molecule has 0 aliphatic heterocycles. The van der Waals surface area contributed by atoms with Crippen LogP contribution in [0.5, 0.6) is 5.75 Å². The second-order valence-corrected chi connectivity index (χ2v) is 7.76. The van der Waals surface area contributed by atoms with Gasteiger partial charge >= 0.3 is 0 Å². The number of thiazole rings is 1. The molecule has 0 amide bonds. The number of hydrogen-bond acceptors (Lipinski definition) is 8. The maximum Gasteiger partial charge on any atom is 0.291 e. The highest BCUT2D eigenvalue weighted by molar-refractivity contribution is 7.15. The number of nitro groups is 1. The molecule has 158 valence electrons. The van der Waals surface area contributed by atoms with Gasteiger partial charge in [-0.1, -0.05) is 41.7 Å². The van der Waals surface area contributed by atoms with E-state index in [1.807, 2.05) is 30.3 Å². The van der Waals surface area contributed by atoms with E-state index in [2.05, 4.69) is 20.3 Å². The number of nitrogens with zero attached hydrogens (tertiary/aromatic N) is 5. The Labute approximate surface area is 183 Å². The minimum absolute atomic E-state index is 0.0309. The third-order valence-corrected chi connectivity index (χ3v) is 5.60. The van der Waals surface area contributed by atoms with E-state index >= 15 is 0 Å². The van der Waals surface area contributed by atoms with E-state index in [0.717, 1.165) is 0 Å². The number of H-pyrrole nitrogens is 1. The molecule has 0 radical (unpaired) electrons. The molecular formula is C21H14N6O4S. The first-order chi connectivity index (χ1) is 15.6. The van der Waals surface area contributed by atoms with E-state index < -0.39 is 4.92 Å². The Kier molecular flexibility index (Phi) is 4.92. The summed E-state index contributed by atoms with van der Waals surface area (Å²) in [6.07, 6.45) is 3.23. The van der Waals surface area contributed by atoms with E-state index in [-0.39, 0.29) is 17.9 Å². The highest BCUT2D eigenvalue weighted by Gasteiger charge is 2.14. The summed E-state index contributed by atoms with van der Waals surface area (Å²) in [4.78, 5) is 28.3. The van der Waals surface area contributed by atoms with Gasteiger partial charge in [-0.25, -0.2) is 0 Å². The molecule has 3 aromatic heterocycles. The van der Waals surface area contributed by atoms with Gasteiger partial charge in [-0.05, 0) is 18.2 Å². The van der Waals surface area contributed by atoms with Gasteiger partial charge in [0.05, 0.1) is 21.3 Å². The number of ether oxygens (including phenoxy) is 1. The van der Waals surface area contributed by atoms with Crippen LogP contribution in [-0.4, -0.2) is 29.7 Å². The minimum Gasteiger partial charge on any atom is -0.486 e. The molecule has 32 heavy (non-hydrogen) atoms. The molecule has 0 fully saturated rings.